The third kappa shape index (κ3) is 3.11. The second-order valence-electron chi connectivity index (χ2n) is 10.3. The highest BCUT2D eigenvalue weighted by molar-refractivity contribution is 7.25. The molecule has 3 aromatic heterocycles. The number of hydrogen-bond donors (Lipinski definition) is 0. The van der Waals surface area contributed by atoms with E-state index in [0.29, 0.717) is 5.95 Å². The molecular formula is C36H21N3S. The van der Waals surface area contributed by atoms with Gasteiger partial charge in [-0.3, -0.25) is 4.57 Å². The van der Waals surface area contributed by atoms with Gasteiger partial charge in [-0.1, -0.05) is 78.9 Å². The van der Waals surface area contributed by atoms with E-state index in [1.54, 1.807) is 0 Å². The lowest BCUT2D eigenvalue weighted by molar-refractivity contribution is 1.01. The minimum Gasteiger partial charge on any atom is -0.278 e. The molecule has 3 heterocycles. The summed E-state index contributed by atoms with van der Waals surface area (Å²) in [6, 6.07) is 43.6. The molecule has 9 aromatic rings. The van der Waals surface area contributed by atoms with E-state index in [1.165, 1.54) is 52.8 Å². The predicted molar refractivity (Wildman–Crippen MR) is 170 cm³/mol. The molecule has 0 bridgehead atoms. The largest absolute Gasteiger partial charge is 0.278 e. The van der Waals surface area contributed by atoms with Gasteiger partial charge in [-0.25, -0.2) is 9.97 Å². The van der Waals surface area contributed by atoms with Gasteiger partial charge >= 0.3 is 0 Å². The van der Waals surface area contributed by atoms with Crippen LogP contribution < -0.4 is 0 Å². The van der Waals surface area contributed by atoms with Gasteiger partial charge in [0.2, 0.25) is 5.95 Å². The Balaban J connectivity index is 1.27. The lowest BCUT2D eigenvalue weighted by atomic mass is 9.97. The molecule has 0 spiro atoms. The molecule has 0 saturated carbocycles. The number of para-hydroxylation sites is 2. The quantitative estimate of drug-likeness (QED) is 0.224. The van der Waals surface area contributed by atoms with Gasteiger partial charge in [0.1, 0.15) is 0 Å². The summed E-state index contributed by atoms with van der Waals surface area (Å²) in [5.74, 6) is 0.692. The van der Waals surface area contributed by atoms with Crippen molar-refractivity contribution in [2.75, 3.05) is 0 Å². The maximum absolute atomic E-state index is 4.95. The van der Waals surface area contributed by atoms with Gasteiger partial charge < -0.3 is 0 Å². The van der Waals surface area contributed by atoms with Crippen molar-refractivity contribution in [3.05, 3.63) is 128 Å². The molecule has 0 N–H and O–H groups in total. The summed E-state index contributed by atoms with van der Waals surface area (Å²) < 4.78 is 4.86. The van der Waals surface area contributed by atoms with Gasteiger partial charge in [0.15, 0.2) is 0 Å². The van der Waals surface area contributed by atoms with Crippen LogP contribution in [0.15, 0.2) is 128 Å². The SMILES string of the molecule is c1ccc2nc(-n3c4ccccc4c4c5ccc(-c6ccc7sc8ccccc8c7c6)cc5ccc43)ncc2c1. The number of aromatic nitrogens is 3. The standard InChI is InChI=1S/C36H21N3S/c1-4-10-30-25(7-1)21-37-36(38-30)39-31-11-5-2-9-28(31)35-26-16-13-22(19-24(26)14-17-32(35)39)23-15-18-34-29(20-23)27-8-3-6-12-33(27)40-34/h1-21H. The number of rotatable bonds is 2. The Kier molecular flexibility index (Phi) is 4.48. The smallest absolute Gasteiger partial charge is 0.235 e. The Morgan fingerprint density at radius 3 is 2.27 bits per heavy atom. The predicted octanol–water partition coefficient (Wildman–Crippen LogP) is 9.91. The number of fused-ring (bicyclic) bond motifs is 9. The minimum atomic E-state index is 0.692. The van der Waals surface area contributed by atoms with Crippen molar-refractivity contribution >= 4 is 75.0 Å². The first-order chi connectivity index (χ1) is 19.8. The van der Waals surface area contributed by atoms with Crippen LogP contribution in [0.5, 0.6) is 0 Å². The summed E-state index contributed by atoms with van der Waals surface area (Å²) in [7, 11) is 0. The molecule has 0 amide bonds. The number of nitrogens with zero attached hydrogens (tertiary/aromatic N) is 3. The summed E-state index contributed by atoms with van der Waals surface area (Å²) >= 11 is 1.86. The van der Waals surface area contributed by atoms with Crippen LogP contribution in [0.25, 0.3) is 80.7 Å². The van der Waals surface area contributed by atoms with Gasteiger partial charge in [0.25, 0.3) is 0 Å². The van der Waals surface area contributed by atoms with Gasteiger partial charge in [0, 0.05) is 42.5 Å². The molecule has 6 aromatic carbocycles. The zero-order chi connectivity index (χ0) is 26.2. The summed E-state index contributed by atoms with van der Waals surface area (Å²) in [4.78, 5) is 9.72. The van der Waals surface area contributed by atoms with Crippen LogP contribution in [0, 0.1) is 0 Å². The van der Waals surface area contributed by atoms with Crippen LogP contribution in [0.4, 0.5) is 0 Å². The molecule has 3 nitrogen and oxygen atoms in total. The van der Waals surface area contributed by atoms with Crippen molar-refractivity contribution < 1.29 is 0 Å². The zero-order valence-corrected chi connectivity index (χ0v) is 22.2. The fourth-order valence-electron chi connectivity index (χ4n) is 6.17. The van der Waals surface area contributed by atoms with Crippen LogP contribution in [-0.2, 0) is 0 Å². The summed E-state index contributed by atoms with van der Waals surface area (Å²) in [5, 5.41) is 8.59. The maximum Gasteiger partial charge on any atom is 0.235 e. The number of hydrogen-bond acceptors (Lipinski definition) is 3. The van der Waals surface area contributed by atoms with Gasteiger partial charge in [-0.05, 0) is 64.4 Å². The van der Waals surface area contributed by atoms with Crippen LogP contribution in [-0.4, -0.2) is 14.5 Å². The molecule has 0 aliphatic carbocycles. The fourth-order valence-corrected chi connectivity index (χ4v) is 7.25. The average Bonchev–Trinajstić information content (AvgIpc) is 3.56. The molecule has 40 heavy (non-hydrogen) atoms. The fraction of sp³-hybridized carbons (Fsp3) is 0. The summed E-state index contributed by atoms with van der Waals surface area (Å²) in [6.45, 7) is 0. The Bertz CT molecular complexity index is 2450. The Morgan fingerprint density at radius 1 is 0.525 bits per heavy atom. The number of benzene rings is 6. The van der Waals surface area contributed by atoms with E-state index in [-0.39, 0.29) is 0 Å². The highest BCUT2D eigenvalue weighted by atomic mass is 32.1. The topological polar surface area (TPSA) is 30.7 Å². The molecule has 0 unspecified atom stereocenters. The Morgan fingerprint density at radius 2 is 1.30 bits per heavy atom. The van der Waals surface area contributed by atoms with E-state index >= 15 is 0 Å². The van der Waals surface area contributed by atoms with Crippen LogP contribution in [0.3, 0.4) is 0 Å². The second kappa shape index (κ2) is 8.22. The van der Waals surface area contributed by atoms with Crippen molar-refractivity contribution in [1.29, 1.82) is 0 Å². The van der Waals surface area contributed by atoms with E-state index in [2.05, 4.69) is 108 Å². The van der Waals surface area contributed by atoms with Gasteiger partial charge in [-0.15, -0.1) is 11.3 Å². The molecule has 0 radical (unpaired) electrons. The van der Waals surface area contributed by atoms with Crippen molar-refractivity contribution in [2.45, 2.75) is 0 Å². The third-order valence-corrected chi connectivity index (χ3v) is 9.19. The van der Waals surface area contributed by atoms with Crippen molar-refractivity contribution in [1.82, 2.24) is 14.5 Å². The molecular weight excluding hydrogens is 506 g/mol. The van der Waals surface area contributed by atoms with E-state index in [9.17, 15) is 0 Å². The summed E-state index contributed by atoms with van der Waals surface area (Å²) in [5.41, 5.74) is 5.64. The first-order valence-corrected chi connectivity index (χ1v) is 14.2. The van der Waals surface area contributed by atoms with E-state index < -0.39 is 0 Å². The zero-order valence-electron chi connectivity index (χ0n) is 21.4. The van der Waals surface area contributed by atoms with Gasteiger partial charge in [-0.2, -0.15) is 0 Å². The van der Waals surface area contributed by atoms with Crippen molar-refractivity contribution in [2.24, 2.45) is 0 Å². The monoisotopic (exact) mass is 527 g/mol. The van der Waals surface area contributed by atoms with Crippen LogP contribution in [0.2, 0.25) is 0 Å². The molecule has 0 fully saturated rings. The highest BCUT2D eigenvalue weighted by Crippen LogP contribution is 2.39. The second-order valence-corrected chi connectivity index (χ2v) is 11.4. The van der Waals surface area contributed by atoms with E-state index in [0.717, 1.165) is 21.9 Å². The molecule has 0 aliphatic heterocycles. The minimum absolute atomic E-state index is 0.692. The highest BCUT2D eigenvalue weighted by Gasteiger charge is 2.17. The molecule has 9 rings (SSSR count). The Labute approximate surface area is 233 Å². The average molecular weight is 528 g/mol. The molecule has 0 atom stereocenters. The van der Waals surface area contributed by atoms with Crippen molar-refractivity contribution in [3.63, 3.8) is 0 Å². The molecule has 0 saturated heterocycles. The maximum atomic E-state index is 4.95. The van der Waals surface area contributed by atoms with E-state index in [4.69, 9.17) is 9.97 Å². The first kappa shape index (κ1) is 21.8. The number of thiophene rings is 1. The third-order valence-electron chi connectivity index (χ3n) is 8.04. The normalized spacial score (nSPS) is 12.0. The molecule has 4 heteroatoms. The lowest BCUT2D eigenvalue weighted by Gasteiger charge is -2.08. The molecule has 0 aliphatic rings. The first-order valence-electron chi connectivity index (χ1n) is 13.4. The van der Waals surface area contributed by atoms with Crippen molar-refractivity contribution in [3.8, 4) is 17.1 Å². The van der Waals surface area contributed by atoms with E-state index in [1.807, 2.05) is 35.7 Å². The van der Waals surface area contributed by atoms with Gasteiger partial charge in [0.05, 0.1) is 16.6 Å². The Hall–Kier alpha value is -5.06. The van der Waals surface area contributed by atoms with Crippen LogP contribution in [0.1, 0.15) is 0 Å². The molecule has 186 valence electrons. The lowest BCUT2D eigenvalue weighted by Crippen LogP contribution is -2.00. The summed E-state index contributed by atoms with van der Waals surface area (Å²) in [6.07, 6.45) is 1.92. The van der Waals surface area contributed by atoms with Crippen LogP contribution >= 0.6 is 11.3 Å².